The molecule has 0 saturated carbocycles. The van der Waals surface area contributed by atoms with Gasteiger partial charge in [-0.15, -0.1) is 0 Å². The van der Waals surface area contributed by atoms with Crippen molar-refractivity contribution in [2.24, 2.45) is 5.41 Å². The van der Waals surface area contributed by atoms with Gasteiger partial charge in [0.2, 0.25) is 10.0 Å². The van der Waals surface area contributed by atoms with Crippen LogP contribution in [0.15, 0.2) is 18.2 Å². The highest BCUT2D eigenvalue weighted by Crippen LogP contribution is 2.26. The van der Waals surface area contributed by atoms with Gasteiger partial charge in [0.25, 0.3) is 0 Å². The first-order valence-corrected chi connectivity index (χ1v) is 9.26. The van der Waals surface area contributed by atoms with Crippen molar-refractivity contribution < 1.29 is 13.2 Å². The summed E-state index contributed by atoms with van der Waals surface area (Å²) in [6.07, 6.45) is 0. The minimum absolute atomic E-state index is 0.0802. The van der Waals surface area contributed by atoms with Gasteiger partial charge in [0, 0.05) is 16.6 Å². The molecule has 20 heavy (non-hydrogen) atoms. The van der Waals surface area contributed by atoms with Crippen molar-refractivity contribution in [1.82, 2.24) is 0 Å². The highest BCUT2D eigenvalue weighted by Gasteiger charge is 2.21. The van der Waals surface area contributed by atoms with E-state index in [2.05, 4.69) is 20.7 Å². The Hall–Kier alpha value is -0.750. The van der Waals surface area contributed by atoms with Crippen LogP contribution in [0.4, 0.5) is 5.69 Å². The molecule has 0 aromatic heterocycles. The first-order valence-electron chi connectivity index (χ1n) is 6.49. The number of hydrogen-bond acceptors (Lipinski definition) is 3. The van der Waals surface area contributed by atoms with Crippen molar-refractivity contribution in [3.8, 4) is 5.75 Å². The van der Waals surface area contributed by atoms with Crippen molar-refractivity contribution >= 4 is 31.6 Å². The van der Waals surface area contributed by atoms with E-state index in [0.717, 1.165) is 11.3 Å². The molecule has 114 valence electrons. The van der Waals surface area contributed by atoms with E-state index < -0.39 is 10.0 Å². The zero-order chi connectivity index (χ0) is 15.4. The van der Waals surface area contributed by atoms with Crippen LogP contribution in [0.2, 0.25) is 0 Å². The fraction of sp³-hybridized carbons (Fsp3) is 0.571. The normalized spacial score (nSPS) is 12.2. The molecule has 0 heterocycles. The van der Waals surface area contributed by atoms with Gasteiger partial charge in [-0.25, -0.2) is 8.42 Å². The van der Waals surface area contributed by atoms with Crippen molar-refractivity contribution in [1.29, 1.82) is 0 Å². The molecule has 0 unspecified atom stereocenters. The van der Waals surface area contributed by atoms with Crippen LogP contribution in [0, 0.1) is 5.41 Å². The number of benzene rings is 1. The van der Waals surface area contributed by atoms with E-state index >= 15 is 0 Å². The predicted octanol–water partition coefficient (Wildman–Crippen LogP) is 3.77. The zero-order valence-electron chi connectivity index (χ0n) is 12.4. The Balaban J connectivity index is 2.93. The third-order valence-corrected chi connectivity index (χ3v) is 4.80. The number of rotatable bonds is 6. The molecule has 0 fully saturated rings. The van der Waals surface area contributed by atoms with E-state index in [9.17, 15) is 8.42 Å². The summed E-state index contributed by atoms with van der Waals surface area (Å²) < 4.78 is 32.2. The molecule has 0 bridgehead atoms. The van der Waals surface area contributed by atoms with E-state index in [0.29, 0.717) is 17.6 Å². The molecule has 6 heteroatoms. The largest absolute Gasteiger partial charge is 0.494 e. The van der Waals surface area contributed by atoms with Gasteiger partial charge in [-0.2, -0.15) is 0 Å². The zero-order valence-corrected chi connectivity index (χ0v) is 14.8. The van der Waals surface area contributed by atoms with Crippen LogP contribution in [0.1, 0.15) is 33.3 Å². The quantitative estimate of drug-likeness (QED) is 0.782. The van der Waals surface area contributed by atoms with E-state index in [1.807, 2.05) is 27.7 Å². The van der Waals surface area contributed by atoms with Crippen molar-refractivity contribution in [2.75, 3.05) is 17.1 Å². The average Bonchev–Trinajstić information content (AvgIpc) is 2.27. The number of anilines is 1. The maximum Gasteiger partial charge on any atom is 0.233 e. The average molecular weight is 364 g/mol. The molecular formula is C14H22BrNO3S. The van der Waals surface area contributed by atoms with Crippen LogP contribution >= 0.6 is 15.9 Å². The molecule has 0 amide bonds. The lowest BCUT2D eigenvalue weighted by Crippen LogP contribution is -2.26. The van der Waals surface area contributed by atoms with Gasteiger partial charge in [-0.1, -0.05) is 36.7 Å². The molecule has 1 N–H and O–H groups in total. The molecule has 1 aromatic rings. The first kappa shape index (κ1) is 17.3. The number of alkyl halides is 1. The van der Waals surface area contributed by atoms with Gasteiger partial charge in [0.05, 0.1) is 12.4 Å². The number of hydrogen-bond donors (Lipinski definition) is 1. The molecule has 4 nitrogen and oxygen atoms in total. The van der Waals surface area contributed by atoms with E-state index in [1.165, 1.54) is 0 Å². The standard InChI is InChI=1S/C14H22BrNO3S/c1-5-19-13-7-6-12(8-11(13)9-15)16-20(17,18)10-14(2,3)4/h6-8,16H,5,9-10H2,1-4H3. The molecule has 0 spiro atoms. The third kappa shape index (κ3) is 5.71. The van der Waals surface area contributed by atoms with E-state index in [-0.39, 0.29) is 11.2 Å². The number of sulfonamides is 1. The van der Waals surface area contributed by atoms with Crippen molar-refractivity contribution in [2.45, 2.75) is 33.0 Å². The Morgan fingerprint density at radius 1 is 1.30 bits per heavy atom. The van der Waals surface area contributed by atoms with Crippen molar-refractivity contribution in [3.05, 3.63) is 23.8 Å². The number of nitrogens with one attached hydrogen (secondary N) is 1. The van der Waals surface area contributed by atoms with Gasteiger partial charge in [-0.05, 0) is 30.5 Å². The second kappa shape index (κ2) is 6.80. The lowest BCUT2D eigenvalue weighted by atomic mass is 10.0. The SMILES string of the molecule is CCOc1ccc(NS(=O)(=O)CC(C)(C)C)cc1CBr. The molecule has 0 aliphatic carbocycles. The monoisotopic (exact) mass is 363 g/mol. The predicted molar refractivity (Wildman–Crippen MR) is 87.1 cm³/mol. The van der Waals surface area contributed by atoms with E-state index in [4.69, 9.17) is 4.74 Å². The summed E-state index contributed by atoms with van der Waals surface area (Å²) in [5.74, 6) is 0.847. The smallest absolute Gasteiger partial charge is 0.233 e. The first-order chi connectivity index (χ1) is 9.17. The van der Waals surface area contributed by atoms with Crippen LogP contribution < -0.4 is 9.46 Å². The lowest BCUT2D eigenvalue weighted by Gasteiger charge is -2.19. The minimum atomic E-state index is -3.35. The summed E-state index contributed by atoms with van der Waals surface area (Å²) in [5.41, 5.74) is 1.20. The highest BCUT2D eigenvalue weighted by atomic mass is 79.9. The minimum Gasteiger partial charge on any atom is -0.494 e. The maximum atomic E-state index is 12.1. The van der Waals surface area contributed by atoms with E-state index in [1.54, 1.807) is 18.2 Å². The second-order valence-corrected chi connectivity index (χ2v) is 8.09. The summed E-state index contributed by atoms with van der Waals surface area (Å²) in [5, 5.41) is 0.608. The van der Waals surface area contributed by atoms with Gasteiger partial charge >= 0.3 is 0 Å². The summed E-state index contributed by atoms with van der Waals surface area (Å²) in [7, 11) is -3.35. The maximum absolute atomic E-state index is 12.1. The second-order valence-electron chi connectivity index (χ2n) is 5.81. The Kier molecular flexibility index (Phi) is 5.89. The molecule has 0 radical (unpaired) electrons. The van der Waals surface area contributed by atoms with Gasteiger partial charge in [-0.3, -0.25) is 4.72 Å². The van der Waals surface area contributed by atoms with Gasteiger partial charge in [0.1, 0.15) is 5.75 Å². The molecule has 0 aliphatic rings. The fourth-order valence-electron chi connectivity index (χ4n) is 1.83. The summed E-state index contributed by atoms with van der Waals surface area (Å²) in [4.78, 5) is 0. The van der Waals surface area contributed by atoms with Gasteiger partial charge < -0.3 is 4.74 Å². The van der Waals surface area contributed by atoms with Crippen LogP contribution in [0.3, 0.4) is 0 Å². The number of ether oxygens (including phenoxy) is 1. The van der Waals surface area contributed by atoms with Crippen molar-refractivity contribution in [3.63, 3.8) is 0 Å². The Morgan fingerprint density at radius 2 is 1.95 bits per heavy atom. The van der Waals surface area contributed by atoms with Gasteiger partial charge in [0.15, 0.2) is 0 Å². The molecule has 0 saturated heterocycles. The lowest BCUT2D eigenvalue weighted by molar-refractivity contribution is 0.338. The third-order valence-electron chi connectivity index (χ3n) is 2.40. The summed E-state index contributed by atoms with van der Waals surface area (Å²) in [6, 6.07) is 5.30. The Labute approximate surface area is 130 Å². The molecule has 1 rings (SSSR count). The molecule has 1 aromatic carbocycles. The fourth-order valence-corrected chi connectivity index (χ4v) is 3.97. The van der Waals surface area contributed by atoms with Crippen LogP contribution in [-0.4, -0.2) is 20.8 Å². The van der Waals surface area contributed by atoms with Crippen LogP contribution in [0.25, 0.3) is 0 Å². The Morgan fingerprint density at radius 3 is 2.45 bits per heavy atom. The molecular weight excluding hydrogens is 342 g/mol. The molecule has 0 atom stereocenters. The summed E-state index contributed by atoms with van der Waals surface area (Å²) >= 11 is 3.38. The molecule has 0 aliphatic heterocycles. The summed E-state index contributed by atoms with van der Waals surface area (Å²) in [6.45, 7) is 8.18. The van der Waals surface area contributed by atoms with Crippen LogP contribution in [-0.2, 0) is 15.4 Å². The Bertz CT molecular complexity index is 550. The van der Waals surface area contributed by atoms with Crippen LogP contribution in [0.5, 0.6) is 5.75 Å². The highest BCUT2D eigenvalue weighted by molar-refractivity contribution is 9.08. The topological polar surface area (TPSA) is 55.4 Å². The number of halogens is 1.